The minimum atomic E-state index is -4.94. The Balaban J connectivity index is 1.86. The molecule has 0 spiro atoms. The number of anilines is 1. The predicted octanol–water partition coefficient (Wildman–Crippen LogP) is 6.39. The van der Waals surface area contributed by atoms with E-state index in [-0.39, 0.29) is 16.9 Å². The highest BCUT2D eigenvalue weighted by Gasteiger charge is 2.37. The number of aryl methyl sites for hydroxylation is 1. The average Bonchev–Trinajstić information content (AvgIpc) is 3.02. The number of amides is 2. The van der Waals surface area contributed by atoms with Gasteiger partial charge in [0, 0.05) is 25.6 Å². The third kappa shape index (κ3) is 8.04. The van der Waals surface area contributed by atoms with E-state index in [1.807, 2.05) is 0 Å². The molecule has 0 aliphatic carbocycles. The Morgan fingerprint density at radius 3 is 2.15 bits per heavy atom. The highest BCUT2D eigenvalue weighted by Crippen LogP contribution is 2.38. The fourth-order valence-corrected chi connectivity index (χ4v) is 6.41. The topological polar surface area (TPSA) is 86.8 Å². The van der Waals surface area contributed by atoms with Crippen molar-refractivity contribution >= 4 is 39.1 Å². The standard InChI is InChI=1S/C33H30ClF4N3O4S/c1-22-12-15-26(16-13-22)46(44,45)41(25-14-17-28(34)27(19-25)33(36,37)38)21-31(42)40(20-24-10-6-7-11-29(24)35)30(32(43)39-2)18-23-8-4-3-5-9-23/h3-17,19,30H,18,20-21H2,1-2H3,(H,39,43)/t30-/m1/s1. The zero-order valence-corrected chi connectivity index (χ0v) is 26.3. The summed E-state index contributed by atoms with van der Waals surface area (Å²) < 4.78 is 85.0. The fourth-order valence-electron chi connectivity index (χ4n) is 4.78. The molecule has 0 aliphatic heterocycles. The van der Waals surface area contributed by atoms with Gasteiger partial charge in [0.25, 0.3) is 10.0 Å². The lowest BCUT2D eigenvalue weighted by molar-refractivity contribution is -0.139. The maximum absolute atomic E-state index is 14.9. The Morgan fingerprint density at radius 1 is 0.913 bits per heavy atom. The Bertz CT molecular complexity index is 1800. The van der Waals surface area contributed by atoms with Crippen molar-refractivity contribution in [2.24, 2.45) is 0 Å². The number of carbonyl (C=O) groups is 2. The van der Waals surface area contributed by atoms with Crippen LogP contribution in [-0.2, 0) is 38.8 Å². The number of nitrogens with zero attached hydrogens (tertiary/aromatic N) is 2. The average molecular weight is 676 g/mol. The summed E-state index contributed by atoms with van der Waals surface area (Å²) in [5.74, 6) is -2.26. The van der Waals surface area contributed by atoms with E-state index in [4.69, 9.17) is 11.6 Å². The molecule has 0 saturated heterocycles. The Labute approximate surface area is 269 Å². The van der Waals surface area contributed by atoms with Crippen molar-refractivity contribution in [3.05, 3.63) is 130 Å². The Morgan fingerprint density at radius 2 is 1.54 bits per heavy atom. The van der Waals surface area contributed by atoms with Crippen molar-refractivity contribution in [1.82, 2.24) is 10.2 Å². The second-order valence-corrected chi connectivity index (χ2v) is 12.7. The molecule has 1 atom stereocenters. The van der Waals surface area contributed by atoms with Gasteiger partial charge < -0.3 is 10.2 Å². The lowest BCUT2D eigenvalue weighted by Crippen LogP contribution is -2.53. The van der Waals surface area contributed by atoms with Crippen LogP contribution in [0, 0.1) is 12.7 Å². The van der Waals surface area contributed by atoms with Gasteiger partial charge in [-0.2, -0.15) is 13.2 Å². The number of carbonyl (C=O) groups excluding carboxylic acids is 2. The molecule has 0 fully saturated rings. The number of benzene rings is 4. The van der Waals surface area contributed by atoms with E-state index in [1.165, 1.54) is 55.6 Å². The van der Waals surface area contributed by atoms with Gasteiger partial charge in [0.2, 0.25) is 11.8 Å². The van der Waals surface area contributed by atoms with E-state index in [0.717, 1.165) is 22.6 Å². The summed E-state index contributed by atoms with van der Waals surface area (Å²) in [5.41, 5.74) is -0.386. The summed E-state index contributed by atoms with van der Waals surface area (Å²) in [6.45, 7) is 0.258. The molecular weight excluding hydrogens is 646 g/mol. The van der Waals surface area contributed by atoms with Crippen LogP contribution in [0.2, 0.25) is 5.02 Å². The van der Waals surface area contributed by atoms with Crippen LogP contribution in [0.1, 0.15) is 22.3 Å². The largest absolute Gasteiger partial charge is 0.417 e. The molecule has 0 unspecified atom stereocenters. The molecule has 2 amide bonds. The third-order valence-corrected chi connectivity index (χ3v) is 9.36. The van der Waals surface area contributed by atoms with Crippen molar-refractivity contribution in [3.8, 4) is 0 Å². The molecule has 13 heteroatoms. The van der Waals surface area contributed by atoms with Crippen molar-refractivity contribution in [2.45, 2.75) is 37.0 Å². The van der Waals surface area contributed by atoms with Crippen LogP contribution >= 0.6 is 11.6 Å². The molecule has 0 radical (unpaired) electrons. The first kappa shape index (κ1) is 34.5. The quantitative estimate of drug-likeness (QED) is 0.187. The van der Waals surface area contributed by atoms with E-state index in [0.29, 0.717) is 15.9 Å². The SMILES string of the molecule is CNC(=O)[C@@H](Cc1ccccc1)N(Cc1ccccc1F)C(=O)CN(c1ccc(Cl)c(C(F)(F)F)c1)S(=O)(=O)c1ccc(C)cc1. The van der Waals surface area contributed by atoms with Gasteiger partial charge in [-0.25, -0.2) is 12.8 Å². The summed E-state index contributed by atoms with van der Waals surface area (Å²) >= 11 is 5.82. The van der Waals surface area contributed by atoms with Gasteiger partial charge in [-0.15, -0.1) is 0 Å². The highest BCUT2D eigenvalue weighted by molar-refractivity contribution is 7.92. The van der Waals surface area contributed by atoms with Crippen molar-refractivity contribution in [2.75, 3.05) is 17.9 Å². The number of hydrogen-bond acceptors (Lipinski definition) is 4. The van der Waals surface area contributed by atoms with Gasteiger partial charge in [0.1, 0.15) is 18.4 Å². The molecule has 7 nitrogen and oxygen atoms in total. The van der Waals surface area contributed by atoms with Crippen LogP contribution in [0.5, 0.6) is 0 Å². The first-order chi connectivity index (χ1) is 21.7. The normalized spacial score (nSPS) is 12.3. The molecule has 0 heterocycles. The maximum Gasteiger partial charge on any atom is 0.417 e. The summed E-state index contributed by atoms with van der Waals surface area (Å²) in [6.07, 6.45) is -4.96. The van der Waals surface area contributed by atoms with Crippen molar-refractivity contribution < 1.29 is 35.6 Å². The van der Waals surface area contributed by atoms with Crippen LogP contribution in [0.4, 0.5) is 23.2 Å². The number of sulfonamides is 1. The second kappa shape index (κ2) is 14.3. The number of nitrogens with one attached hydrogen (secondary N) is 1. The van der Waals surface area contributed by atoms with Gasteiger partial charge in [-0.05, 0) is 48.9 Å². The van der Waals surface area contributed by atoms with Crippen LogP contribution < -0.4 is 9.62 Å². The fraction of sp³-hybridized carbons (Fsp3) is 0.212. The van der Waals surface area contributed by atoms with Crippen LogP contribution in [0.3, 0.4) is 0 Å². The monoisotopic (exact) mass is 675 g/mol. The lowest BCUT2D eigenvalue weighted by Gasteiger charge is -2.33. The summed E-state index contributed by atoms with van der Waals surface area (Å²) in [5, 5.41) is 1.83. The lowest BCUT2D eigenvalue weighted by atomic mass is 10.0. The number of hydrogen-bond donors (Lipinski definition) is 1. The molecule has 0 saturated carbocycles. The molecular formula is C33H30ClF4N3O4S. The second-order valence-electron chi connectivity index (χ2n) is 10.4. The predicted molar refractivity (Wildman–Crippen MR) is 167 cm³/mol. The summed E-state index contributed by atoms with van der Waals surface area (Å²) in [7, 11) is -3.31. The molecule has 4 aromatic rings. The zero-order valence-electron chi connectivity index (χ0n) is 24.8. The number of likely N-dealkylation sites (N-methyl/N-ethyl adjacent to an activating group) is 1. The van der Waals surface area contributed by atoms with Crippen molar-refractivity contribution in [1.29, 1.82) is 0 Å². The van der Waals surface area contributed by atoms with E-state index in [2.05, 4.69) is 5.32 Å². The van der Waals surface area contributed by atoms with Gasteiger partial charge in [0.05, 0.1) is 21.2 Å². The summed E-state index contributed by atoms with van der Waals surface area (Å²) in [4.78, 5) is 28.3. The molecule has 0 aliphatic rings. The summed E-state index contributed by atoms with van der Waals surface area (Å²) in [6, 6.07) is 21.0. The van der Waals surface area contributed by atoms with E-state index in [1.54, 1.807) is 37.3 Å². The molecule has 1 N–H and O–H groups in total. The number of halogens is 5. The minimum Gasteiger partial charge on any atom is -0.357 e. The Hall–Kier alpha value is -4.42. The number of alkyl halides is 3. The van der Waals surface area contributed by atoms with E-state index in [9.17, 15) is 35.6 Å². The van der Waals surface area contributed by atoms with Crippen LogP contribution in [0.15, 0.2) is 102 Å². The zero-order chi connectivity index (χ0) is 33.6. The van der Waals surface area contributed by atoms with Crippen LogP contribution in [0.25, 0.3) is 0 Å². The molecule has 0 aromatic heterocycles. The van der Waals surface area contributed by atoms with Crippen LogP contribution in [-0.4, -0.2) is 44.8 Å². The van der Waals surface area contributed by atoms with Gasteiger partial charge >= 0.3 is 6.18 Å². The first-order valence-corrected chi connectivity index (χ1v) is 15.8. The smallest absolute Gasteiger partial charge is 0.357 e. The molecule has 242 valence electrons. The first-order valence-electron chi connectivity index (χ1n) is 14.0. The molecule has 0 bridgehead atoms. The minimum absolute atomic E-state index is 0.0232. The van der Waals surface area contributed by atoms with Crippen molar-refractivity contribution in [3.63, 3.8) is 0 Å². The molecule has 4 aromatic carbocycles. The number of rotatable bonds is 11. The van der Waals surface area contributed by atoms with Gasteiger partial charge in [0.15, 0.2) is 0 Å². The Kier molecular flexibility index (Phi) is 10.7. The van der Waals surface area contributed by atoms with Gasteiger partial charge in [-0.1, -0.05) is 77.8 Å². The molecule has 46 heavy (non-hydrogen) atoms. The van der Waals surface area contributed by atoms with E-state index >= 15 is 0 Å². The third-order valence-electron chi connectivity index (χ3n) is 7.25. The maximum atomic E-state index is 14.9. The molecule has 4 rings (SSSR count). The highest BCUT2D eigenvalue weighted by atomic mass is 35.5. The van der Waals surface area contributed by atoms with E-state index < -0.39 is 69.2 Å². The van der Waals surface area contributed by atoms with Gasteiger partial charge in [-0.3, -0.25) is 13.9 Å².